The van der Waals surface area contributed by atoms with Crippen molar-refractivity contribution in [2.75, 3.05) is 18.5 Å². The second kappa shape index (κ2) is 7.35. The Morgan fingerprint density at radius 1 is 1.23 bits per heavy atom. The van der Waals surface area contributed by atoms with Crippen LogP contribution in [0.25, 0.3) is 0 Å². The number of hydrogen-bond acceptors (Lipinski definition) is 4. The van der Waals surface area contributed by atoms with Crippen LogP contribution in [-0.4, -0.2) is 35.2 Å². The van der Waals surface area contributed by atoms with Crippen LogP contribution in [0.5, 0.6) is 0 Å². The lowest BCUT2D eigenvalue weighted by Crippen LogP contribution is -2.27. The van der Waals surface area contributed by atoms with Crippen molar-refractivity contribution in [2.45, 2.75) is 19.4 Å². The lowest BCUT2D eigenvalue weighted by molar-refractivity contribution is -0.385. The van der Waals surface area contributed by atoms with Crippen molar-refractivity contribution in [1.29, 1.82) is 0 Å². The van der Waals surface area contributed by atoms with Gasteiger partial charge in [-0.25, -0.2) is 0 Å². The summed E-state index contributed by atoms with van der Waals surface area (Å²) in [5.41, 5.74) is 1.61. The molecule has 1 fully saturated rings. The van der Waals surface area contributed by atoms with Crippen LogP contribution in [0.3, 0.4) is 0 Å². The fourth-order valence-corrected chi connectivity index (χ4v) is 3.10. The minimum atomic E-state index is -0.451. The van der Waals surface area contributed by atoms with Crippen LogP contribution in [0.2, 0.25) is 0 Å². The minimum absolute atomic E-state index is 0.0106. The Morgan fingerprint density at radius 2 is 2.00 bits per heavy atom. The van der Waals surface area contributed by atoms with Gasteiger partial charge in [0.15, 0.2) is 0 Å². The van der Waals surface area contributed by atoms with E-state index in [0.717, 1.165) is 6.42 Å². The average Bonchev–Trinajstić information content (AvgIpc) is 3.07. The van der Waals surface area contributed by atoms with Gasteiger partial charge in [0, 0.05) is 42.9 Å². The molecule has 134 valence electrons. The number of carbonyl (C=O) groups excluding carboxylic acids is 2. The molecule has 1 aliphatic rings. The molecule has 0 aromatic heterocycles. The van der Waals surface area contributed by atoms with E-state index in [9.17, 15) is 19.7 Å². The molecule has 0 spiro atoms. The van der Waals surface area contributed by atoms with E-state index in [1.54, 1.807) is 48.3 Å². The molecular formula is C19H19N3O4. The largest absolute Gasteiger partial charge is 0.337 e. The molecule has 0 unspecified atom stereocenters. The predicted molar refractivity (Wildman–Crippen MR) is 96.9 cm³/mol. The summed E-state index contributed by atoms with van der Waals surface area (Å²) < 4.78 is 0. The molecule has 1 heterocycles. The van der Waals surface area contributed by atoms with Crippen molar-refractivity contribution in [2.24, 2.45) is 0 Å². The maximum absolute atomic E-state index is 12.7. The number of rotatable bonds is 5. The van der Waals surface area contributed by atoms with Gasteiger partial charge in [-0.2, -0.15) is 0 Å². The lowest BCUT2D eigenvalue weighted by atomic mass is 10.1. The van der Waals surface area contributed by atoms with E-state index in [1.807, 2.05) is 6.07 Å². The van der Waals surface area contributed by atoms with E-state index >= 15 is 0 Å². The summed E-state index contributed by atoms with van der Waals surface area (Å²) in [6.45, 7) is 0.783. The first-order valence-corrected chi connectivity index (χ1v) is 8.35. The lowest BCUT2D eigenvalue weighted by Gasteiger charge is -2.20. The van der Waals surface area contributed by atoms with Gasteiger partial charge in [0.2, 0.25) is 5.91 Å². The SMILES string of the molecule is CN(Cc1ccccc1[N+](=O)[O-])C(=O)c1cccc(N2CCCC2=O)c1. The van der Waals surface area contributed by atoms with Gasteiger partial charge in [-0.05, 0) is 24.6 Å². The number of carbonyl (C=O) groups is 2. The summed E-state index contributed by atoms with van der Waals surface area (Å²) in [6, 6.07) is 13.3. The molecule has 2 amide bonds. The summed E-state index contributed by atoms with van der Waals surface area (Å²) in [6.07, 6.45) is 1.34. The third-order valence-corrected chi connectivity index (χ3v) is 4.42. The summed E-state index contributed by atoms with van der Waals surface area (Å²) >= 11 is 0. The summed E-state index contributed by atoms with van der Waals surface area (Å²) in [5, 5.41) is 11.1. The quantitative estimate of drug-likeness (QED) is 0.611. The van der Waals surface area contributed by atoms with Crippen molar-refractivity contribution in [1.82, 2.24) is 4.90 Å². The molecule has 0 radical (unpaired) electrons. The molecule has 1 aliphatic heterocycles. The van der Waals surface area contributed by atoms with E-state index < -0.39 is 4.92 Å². The summed E-state index contributed by atoms with van der Waals surface area (Å²) in [4.78, 5) is 38.4. The van der Waals surface area contributed by atoms with Crippen LogP contribution in [-0.2, 0) is 11.3 Å². The van der Waals surface area contributed by atoms with Crippen molar-refractivity contribution < 1.29 is 14.5 Å². The molecule has 3 rings (SSSR count). The molecule has 0 N–H and O–H groups in total. The van der Waals surface area contributed by atoms with Gasteiger partial charge < -0.3 is 9.80 Å². The molecule has 26 heavy (non-hydrogen) atoms. The van der Waals surface area contributed by atoms with Gasteiger partial charge in [0.05, 0.1) is 11.5 Å². The first-order chi connectivity index (χ1) is 12.5. The van der Waals surface area contributed by atoms with Gasteiger partial charge in [-0.15, -0.1) is 0 Å². The van der Waals surface area contributed by atoms with Gasteiger partial charge >= 0.3 is 0 Å². The predicted octanol–water partition coefficient (Wildman–Crippen LogP) is 2.99. The van der Waals surface area contributed by atoms with Gasteiger partial charge in [-0.1, -0.05) is 24.3 Å². The molecule has 0 aliphatic carbocycles. The van der Waals surface area contributed by atoms with Crippen LogP contribution in [0.4, 0.5) is 11.4 Å². The summed E-state index contributed by atoms with van der Waals surface area (Å²) in [5.74, 6) is -0.195. The van der Waals surface area contributed by atoms with Crippen LogP contribution in [0.1, 0.15) is 28.8 Å². The molecule has 7 heteroatoms. The van der Waals surface area contributed by atoms with Crippen LogP contribution >= 0.6 is 0 Å². The zero-order chi connectivity index (χ0) is 18.7. The Labute approximate surface area is 151 Å². The topological polar surface area (TPSA) is 83.8 Å². The smallest absolute Gasteiger partial charge is 0.274 e. The van der Waals surface area contributed by atoms with Gasteiger partial charge in [-0.3, -0.25) is 19.7 Å². The van der Waals surface area contributed by atoms with Crippen LogP contribution in [0, 0.1) is 10.1 Å². The zero-order valence-electron chi connectivity index (χ0n) is 14.4. The maximum atomic E-state index is 12.7. The number of benzene rings is 2. The molecule has 2 aromatic rings. The van der Waals surface area contributed by atoms with Crippen molar-refractivity contribution >= 4 is 23.2 Å². The Morgan fingerprint density at radius 3 is 2.69 bits per heavy atom. The molecule has 2 aromatic carbocycles. The number of nitro benzene ring substituents is 1. The van der Waals surface area contributed by atoms with E-state index in [0.29, 0.717) is 29.8 Å². The molecular weight excluding hydrogens is 334 g/mol. The number of hydrogen-bond donors (Lipinski definition) is 0. The fourth-order valence-electron chi connectivity index (χ4n) is 3.10. The molecule has 1 saturated heterocycles. The third-order valence-electron chi connectivity index (χ3n) is 4.42. The zero-order valence-corrected chi connectivity index (χ0v) is 14.4. The third kappa shape index (κ3) is 3.56. The first kappa shape index (κ1) is 17.6. The van der Waals surface area contributed by atoms with Crippen LogP contribution in [0.15, 0.2) is 48.5 Å². The second-order valence-corrected chi connectivity index (χ2v) is 6.25. The Kier molecular flexibility index (Phi) is 4.97. The minimum Gasteiger partial charge on any atom is -0.337 e. The number of anilines is 1. The van der Waals surface area contributed by atoms with E-state index in [2.05, 4.69) is 0 Å². The standard InChI is InChI=1S/C19H19N3O4/c1-20(13-15-6-2-3-9-17(15)22(25)26)19(24)14-7-4-8-16(12-14)21-11-5-10-18(21)23/h2-4,6-9,12H,5,10-11,13H2,1H3. The molecule has 0 atom stereocenters. The summed E-state index contributed by atoms with van der Waals surface area (Å²) in [7, 11) is 1.60. The Hall–Kier alpha value is -3.22. The highest BCUT2D eigenvalue weighted by molar-refractivity contribution is 5.99. The monoisotopic (exact) mass is 353 g/mol. The maximum Gasteiger partial charge on any atom is 0.274 e. The van der Waals surface area contributed by atoms with Gasteiger partial charge in [0.1, 0.15) is 0 Å². The number of nitrogens with zero attached hydrogens (tertiary/aromatic N) is 3. The van der Waals surface area contributed by atoms with E-state index in [4.69, 9.17) is 0 Å². The Bertz CT molecular complexity index is 865. The van der Waals surface area contributed by atoms with E-state index in [1.165, 1.54) is 11.0 Å². The molecule has 0 saturated carbocycles. The van der Waals surface area contributed by atoms with E-state index in [-0.39, 0.29) is 24.0 Å². The highest BCUT2D eigenvalue weighted by Gasteiger charge is 2.23. The normalized spacial score (nSPS) is 13.7. The molecule has 7 nitrogen and oxygen atoms in total. The highest BCUT2D eigenvalue weighted by atomic mass is 16.6. The van der Waals surface area contributed by atoms with Crippen molar-refractivity contribution in [3.63, 3.8) is 0 Å². The van der Waals surface area contributed by atoms with Gasteiger partial charge in [0.25, 0.3) is 11.6 Å². The highest BCUT2D eigenvalue weighted by Crippen LogP contribution is 2.24. The van der Waals surface area contributed by atoms with Crippen molar-refractivity contribution in [3.05, 3.63) is 69.8 Å². The number of amides is 2. The first-order valence-electron chi connectivity index (χ1n) is 8.35. The van der Waals surface area contributed by atoms with Crippen molar-refractivity contribution in [3.8, 4) is 0 Å². The Balaban J connectivity index is 1.79. The second-order valence-electron chi connectivity index (χ2n) is 6.25. The molecule has 0 bridgehead atoms. The van der Waals surface area contributed by atoms with Crippen LogP contribution < -0.4 is 4.90 Å². The fraction of sp³-hybridized carbons (Fsp3) is 0.263. The number of nitro groups is 1. The number of para-hydroxylation sites is 1. The average molecular weight is 353 g/mol.